The third-order valence-corrected chi connectivity index (χ3v) is 4.68. The van der Waals surface area contributed by atoms with Crippen molar-refractivity contribution in [1.82, 2.24) is 24.9 Å². The van der Waals surface area contributed by atoms with E-state index < -0.39 is 0 Å². The van der Waals surface area contributed by atoms with E-state index in [0.29, 0.717) is 30.9 Å². The Morgan fingerprint density at radius 3 is 2.52 bits per heavy atom. The molecule has 1 aromatic carbocycles. The summed E-state index contributed by atoms with van der Waals surface area (Å²) in [4.78, 5) is 22.9. The number of para-hydroxylation sites is 1. The zero-order valence-corrected chi connectivity index (χ0v) is 16.9. The lowest BCUT2D eigenvalue weighted by atomic mass is 10.1. The van der Waals surface area contributed by atoms with Crippen LogP contribution in [-0.4, -0.2) is 57.5 Å². The summed E-state index contributed by atoms with van der Waals surface area (Å²) in [6.07, 6.45) is 3.19. The molecule has 0 aliphatic heterocycles. The van der Waals surface area contributed by atoms with Gasteiger partial charge >= 0.3 is 0 Å². The number of benzene rings is 1. The first-order valence-corrected chi connectivity index (χ1v) is 9.48. The Balaban J connectivity index is 1.74. The van der Waals surface area contributed by atoms with E-state index in [0.717, 1.165) is 10.4 Å². The second kappa shape index (κ2) is 8.77. The first kappa shape index (κ1) is 19.0. The molecule has 2 aromatic heterocycles. The van der Waals surface area contributed by atoms with Gasteiger partial charge in [0.2, 0.25) is 0 Å². The summed E-state index contributed by atoms with van der Waals surface area (Å²) in [7, 11) is 1.97. The zero-order valence-electron chi connectivity index (χ0n) is 15.3. The average Bonchev–Trinajstić information content (AvgIpc) is 3.22. The van der Waals surface area contributed by atoms with Gasteiger partial charge in [0.15, 0.2) is 0 Å². The Bertz CT molecular complexity index is 899. The fraction of sp³-hybridized carbons (Fsp3) is 0.263. The number of likely N-dealkylation sites (N-methyl/N-ethyl adjacent to an activating group) is 2. The Labute approximate surface area is 166 Å². The molecule has 0 saturated heterocycles. The van der Waals surface area contributed by atoms with E-state index in [1.807, 2.05) is 66.2 Å². The van der Waals surface area contributed by atoms with Crippen molar-refractivity contribution in [3.05, 3.63) is 65.0 Å². The molecule has 0 atom stereocenters. The Morgan fingerprint density at radius 1 is 1.07 bits per heavy atom. The lowest BCUT2D eigenvalue weighted by Gasteiger charge is -2.26. The monoisotopic (exact) mass is 428 g/mol. The number of halogens is 1. The van der Waals surface area contributed by atoms with Gasteiger partial charge < -0.3 is 9.80 Å². The number of rotatable bonds is 7. The van der Waals surface area contributed by atoms with Crippen LogP contribution in [-0.2, 0) is 0 Å². The van der Waals surface area contributed by atoms with Crippen molar-refractivity contribution in [3.63, 3.8) is 0 Å². The van der Waals surface area contributed by atoms with Gasteiger partial charge in [0, 0.05) is 26.7 Å². The molecule has 0 spiro atoms. The van der Waals surface area contributed by atoms with Gasteiger partial charge in [0.05, 0.1) is 23.6 Å². The summed E-state index contributed by atoms with van der Waals surface area (Å²) >= 11 is 3.39. The Kier molecular flexibility index (Phi) is 6.18. The van der Waals surface area contributed by atoms with Crippen LogP contribution in [0.1, 0.15) is 17.3 Å². The SMILES string of the molecule is CCN(CCN(C)c1cccc(Br)n1)C(=O)c1ccccc1-n1nccn1. The third kappa shape index (κ3) is 4.51. The van der Waals surface area contributed by atoms with Crippen LogP contribution in [0.5, 0.6) is 0 Å². The number of hydrogen-bond acceptors (Lipinski definition) is 5. The van der Waals surface area contributed by atoms with E-state index in [-0.39, 0.29) is 5.91 Å². The first-order chi connectivity index (χ1) is 13.1. The maximum atomic E-state index is 13.1. The highest BCUT2D eigenvalue weighted by Crippen LogP contribution is 2.16. The molecule has 8 heteroatoms. The van der Waals surface area contributed by atoms with Crippen molar-refractivity contribution in [2.24, 2.45) is 0 Å². The molecule has 140 valence electrons. The van der Waals surface area contributed by atoms with E-state index >= 15 is 0 Å². The molecule has 2 heterocycles. The number of amides is 1. The minimum Gasteiger partial charge on any atom is -0.358 e. The molecule has 0 radical (unpaired) electrons. The molecule has 7 nitrogen and oxygen atoms in total. The molecule has 0 saturated carbocycles. The van der Waals surface area contributed by atoms with Crippen molar-refractivity contribution in [3.8, 4) is 5.69 Å². The number of carbonyl (C=O) groups excluding carboxylic acids is 1. The van der Waals surface area contributed by atoms with Crippen molar-refractivity contribution < 1.29 is 4.79 Å². The summed E-state index contributed by atoms with van der Waals surface area (Å²) in [6.45, 7) is 3.84. The molecule has 0 aliphatic rings. The molecular weight excluding hydrogens is 408 g/mol. The minimum absolute atomic E-state index is 0.0407. The van der Waals surface area contributed by atoms with Gasteiger partial charge in [-0.05, 0) is 47.1 Å². The highest BCUT2D eigenvalue weighted by molar-refractivity contribution is 9.10. The largest absolute Gasteiger partial charge is 0.358 e. The van der Waals surface area contributed by atoms with Crippen LogP contribution in [0, 0.1) is 0 Å². The molecule has 0 aliphatic carbocycles. The number of pyridine rings is 1. The fourth-order valence-electron chi connectivity index (χ4n) is 2.74. The Hall–Kier alpha value is -2.74. The Morgan fingerprint density at radius 2 is 1.81 bits per heavy atom. The van der Waals surface area contributed by atoms with E-state index in [1.165, 1.54) is 4.80 Å². The maximum Gasteiger partial charge on any atom is 0.256 e. The van der Waals surface area contributed by atoms with Crippen LogP contribution in [0.25, 0.3) is 5.69 Å². The highest BCUT2D eigenvalue weighted by atomic mass is 79.9. The summed E-state index contributed by atoms with van der Waals surface area (Å²) in [5.41, 5.74) is 1.26. The van der Waals surface area contributed by atoms with Crippen LogP contribution < -0.4 is 4.90 Å². The van der Waals surface area contributed by atoms with Crippen LogP contribution in [0.2, 0.25) is 0 Å². The quantitative estimate of drug-likeness (QED) is 0.541. The normalized spacial score (nSPS) is 10.6. The van der Waals surface area contributed by atoms with Gasteiger partial charge in [0.25, 0.3) is 5.91 Å². The van der Waals surface area contributed by atoms with Crippen molar-refractivity contribution in [2.75, 3.05) is 31.6 Å². The molecule has 3 aromatic rings. The van der Waals surface area contributed by atoms with E-state index in [9.17, 15) is 4.79 Å². The standard InChI is InChI=1S/C19H21BrN6O/c1-3-25(14-13-24(2)18-10-6-9-17(20)23-18)19(27)15-7-4-5-8-16(15)26-21-11-12-22-26/h4-12H,3,13-14H2,1-2H3. The topological polar surface area (TPSA) is 67.2 Å². The smallest absolute Gasteiger partial charge is 0.256 e. The van der Waals surface area contributed by atoms with Gasteiger partial charge in [-0.15, -0.1) is 0 Å². The molecule has 0 bridgehead atoms. The zero-order chi connectivity index (χ0) is 19.2. The highest BCUT2D eigenvalue weighted by Gasteiger charge is 2.19. The van der Waals surface area contributed by atoms with Gasteiger partial charge in [-0.2, -0.15) is 15.0 Å². The third-order valence-electron chi connectivity index (χ3n) is 4.23. The van der Waals surface area contributed by atoms with Gasteiger partial charge in [-0.25, -0.2) is 4.98 Å². The molecule has 0 N–H and O–H groups in total. The molecular formula is C19H21BrN6O. The van der Waals surface area contributed by atoms with Crippen LogP contribution in [0.15, 0.2) is 59.5 Å². The predicted octanol–water partition coefficient (Wildman–Crippen LogP) is 3.02. The second-order valence-corrected chi connectivity index (χ2v) is 6.77. The van der Waals surface area contributed by atoms with E-state index in [2.05, 4.69) is 31.1 Å². The van der Waals surface area contributed by atoms with Crippen molar-refractivity contribution in [1.29, 1.82) is 0 Å². The number of hydrogen-bond donors (Lipinski definition) is 0. The molecule has 27 heavy (non-hydrogen) atoms. The van der Waals surface area contributed by atoms with Gasteiger partial charge in [-0.3, -0.25) is 4.79 Å². The average molecular weight is 429 g/mol. The number of nitrogens with zero attached hydrogens (tertiary/aromatic N) is 6. The number of aromatic nitrogens is 4. The van der Waals surface area contributed by atoms with Crippen LogP contribution >= 0.6 is 15.9 Å². The molecule has 0 unspecified atom stereocenters. The first-order valence-electron chi connectivity index (χ1n) is 8.69. The molecule has 1 amide bonds. The summed E-state index contributed by atoms with van der Waals surface area (Å²) in [5, 5.41) is 8.30. The van der Waals surface area contributed by atoms with Gasteiger partial charge in [-0.1, -0.05) is 18.2 Å². The number of carbonyl (C=O) groups is 1. The fourth-order valence-corrected chi connectivity index (χ4v) is 3.07. The van der Waals surface area contributed by atoms with Crippen molar-refractivity contribution in [2.45, 2.75) is 6.92 Å². The second-order valence-electron chi connectivity index (χ2n) is 5.96. The lowest BCUT2D eigenvalue weighted by Crippen LogP contribution is -2.38. The maximum absolute atomic E-state index is 13.1. The predicted molar refractivity (Wildman–Crippen MR) is 108 cm³/mol. The summed E-state index contributed by atoms with van der Waals surface area (Å²) in [5.74, 6) is 0.815. The van der Waals surface area contributed by atoms with Crippen molar-refractivity contribution >= 4 is 27.7 Å². The molecule has 3 rings (SSSR count). The molecule has 0 fully saturated rings. The lowest BCUT2D eigenvalue weighted by molar-refractivity contribution is 0.0768. The van der Waals surface area contributed by atoms with E-state index in [4.69, 9.17) is 0 Å². The minimum atomic E-state index is -0.0407. The van der Waals surface area contributed by atoms with Gasteiger partial charge in [0.1, 0.15) is 10.4 Å². The summed E-state index contributed by atoms with van der Waals surface area (Å²) in [6, 6.07) is 13.2. The van der Waals surface area contributed by atoms with Crippen LogP contribution in [0.4, 0.5) is 5.82 Å². The number of anilines is 1. The van der Waals surface area contributed by atoms with E-state index in [1.54, 1.807) is 12.4 Å². The van der Waals surface area contributed by atoms with Crippen LogP contribution in [0.3, 0.4) is 0 Å². The summed E-state index contributed by atoms with van der Waals surface area (Å²) < 4.78 is 0.788.